The van der Waals surface area contributed by atoms with E-state index in [0.717, 1.165) is 32.4 Å². The van der Waals surface area contributed by atoms with Crippen molar-refractivity contribution < 1.29 is 9.90 Å². The smallest absolute Gasteiger partial charge is 0.321 e. The zero-order valence-corrected chi connectivity index (χ0v) is 9.65. The van der Waals surface area contributed by atoms with Crippen LogP contribution in [0.5, 0.6) is 0 Å². The third kappa shape index (κ3) is 3.06. The average Bonchev–Trinajstić information content (AvgIpc) is 2.26. The second kappa shape index (κ2) is 5.91. The van der Waals surface area contributed by atoms with Crippen molar-refractivity contribution in [2.45, 2.75) is 39.2 Å². The third-order valence-electron chi connectivity index (χ3n) is 3.21. The maximum atomic E-state index is 11.3. The Balaban J connectivity index is 2.71. The minimum Gasteiger partial charge on any atom is -0.480 e. The number of carboxylic acids is 1. The summed E-state index contributed by atoms with van der Waals surface area (Å²) in [5.41, 5.74) is 0. The Morgan fingerprint density at radius 3 is 2.53 bits per heavy atom. The summed E-state index contributed by atoms with van der Waals surface area (Å²) in [6.07, 6.45) is 7.21. The summed E-state index contributed by atoms with van der Waals surface area (Å²) in [7, 11) is 0. The molecule has 1 aliphatic rings. The monoisotopic (exact) mass is 211 g/mol. The first-order valence-corrected chi connectivity index (χ1v) is 5.82. The number of rotatable bonds is 5. The van der Waals surface area contributed by atoms with Gasteiger partial charge < -0.3 is 5.11 Å². The molecule has 0 fully saturated rings. The molecular formula is C12H21NO2. The van der Waals surface area contributed by atoms with Crippen LogP contribution in [0.1, 0.15) is 33.1 Å². The van der Waals surface area contributed by atoms with Crippen molar-refractivity contribution in [3.63, 3.8) is 0 Å². The van der Waals surface area contributed by atoms with Gasteiger partial charge in [0.15, 0.2) is 0 Å². The molecule has 0 saturated carbocycles. The number of hydrogen-bond donors (Lipinski definition) is 1. The molecule has 3 nitrogen and oxygen atoms in total. The predicted octanol–water partition coefficient (Wildman–Crippen LogP) is 2.14. The van der Waals surface area contributed by atoms with E-state index in [1.54, 1.807) is 0 Å². The van der Waals surface area contributed by atoms with E-state index in [-0.39, 0.29) is 12.0 Å². The fourth-order valence-electron chi connectivity index (χ4n) is 2.38. The van der Waals surface area contributed by atoms with Crippen LogP contribution in [0.15, 0.2) is 12.2 Å². The van der Waals surface area contributed by atoms with Crippen molar-refractivity contribution >= 4 is 5.97 Å². The van der Waals surface area contributed by atoms with Gasteiger partial charge in [0.2, 0.25) is 0 Å². The summed E-state index contributed by atoms with van der Waals surface area (Å²) in [5.74, 6) is -0.383. The molecule has 0 spiro atoms. The molecule has 1 N–H and O–H groups in total. The SMILES string of the molecule is CCN(CC)C(C(=O)O)C1CC=CCC1. The van der Waals surface area contributed by atoms with Gasteiger partial charge in [0.05, 0.1) is 0 Å². The Kier molecular flexibility index (Phi) is 4.82. The van der Waals surface area contributed by atoms with E-state index in [4.69, 9.17) is 0 Å². The molecule has 0 aliphatic heterocycles. The van der Waals surface area contributed by atoms with Gasteiger partial charge in [-0.2, -0.15) is 0 Å². The minimum absolute atomic E-state index is 0.285. The normalized spacial score (nSPS) is 23.0. The molecule has 1 rings (SSSR count). The highest BCUT2D eigenvalue weighted by molar-refractivity contribution is 5.74. The molecule has 0 radical (unpaired) electrons. The van der Waals surface area contributed by atoms with Gasteiger partial charge in [-0.3, -0.25) is 9.69 Å². The fraction of sp³-hybridized carbons (Fsp3) is 0.750. The van der Waals surface area contributed by atoms with E-state index in [1.807, 2.05) is 18.7 Å². The molecule has 2 unspecified atom stereocenters. The van der Waals surface area contributed by atoms with Crippen LogP contribution in [0.25, 0.3) is 0 Å². The Bertz CT molecular complexity index is 234. The average molecular weight is 211 g/mol. The highest BCUT2D eigenvalue weighted by Gasteiger charge is 2.31. The summed E-state index contributed by atoms with van der Waals surface area (Å²) in [6.45, 7) is 5.68. The van der Waals surface area contributed by atoms with Crippen LogP contribution in [0.4, 0.5) is 0 Å². The van der Waals surface area contributed by atoms with Crippen LogP contribution in [0.3, 0.4) is 0 Å². The second-order valence-corrected chi connectivity index (χ2v) is 4.05. The summed E-state index contributed by atoms with van der Waals surface area (Å²) in [5, 5.41) is 9.29. The molecule has 0 bridgehead atoms. The van der Waals surface area contributed by atoms with Gasteiger partial charge in [-0.25, -0.2) is 0 Å². The van der Waals surface area contributed by atoms with Gasteiger partial charge in [0, 0.05) is 0 Å². The molecule has 0 aromatic rings. The molecule has 15 heavy (non-hydrogen) atoms. The van der Waals surface area contributed by atoms with Crippen LogP contribution in [0, 0.1) is 5.92 Å². The number of nitrogens with zero attached hydrogens (tertiary/aromatic N) is 1. The van der Waals surface area contributed by atoms with Gasteiger partial charge >= 0.3 is 5.97 Å². The maximum Gasteiger partial charge on any atom is 0.321 e. The molecule has 3 heteroatoms. The van der Waals surface area contributed by atoms with Crippen molar-refractivity contribution in [2.24, 2.45) is 5.92 Å². The zero-order valence-electron chi connectivity index (χ0n) is 9.65. The minimum atomic E-state index is -0.668. The summed E-state index contributed by atoms with van der Waals surface area (Å²) >= 11 is 0. The Hall–Kier alpha value is -0.830. The lowest BCUT2D eigenvalue weighted by molar-refractivity contribution is -0.145. The zero-order chi connectivity index (χ0) is 11.3. The van der Waals surface area contributed by atoms with Crippen LogP contribution in [0.2, 0.25) is 0 Å². The quantitative estimate of drug-likeness (QED) is 0.708. The lowest BCUT2D eigenvalue weighted by Gasteiger charge is -2.33. The van der Waals surface area contributed by atoms with Gasteiger partial charge in [-0.1, -0.05) is 26.0 Å². The lowest BCUT2D eigenvalue weighted by Crippen LogP contribution is -2.46. The number of hydrogen-bond acceptors (Lipinski definition) is 2. The van der Waals surface area contributed by atoms with Crippen molar-refractivity contribution in [2.75, 3.05) is 13.1 Å². The van der Waals surface area contributed by atoms with Crippen molar-refractivity contribution in [3.05, 3.63) is 12.2 Å². The fourth-order valence-corrected chi connectivity index (χ4v) is 2.38. The van der Waals surface area contributed by atoms with E-state index >= 15 is 0 Å². The summed E-state index contributed by atoms with van der Waals surface area (Å²) in [4.78, 5) is 13.3. The Morgan fingerprint density at radius 1 is 1.47 bits per heavy atom. The molecule has 2 atom stereocenters. The van der Waals surface area contributed by atoms with Gasteiger partial charge in [0.1, 0.15) is 6.04 Å². The number of aliphatic carboxylic acids is 1. The highest BCUT2D eigenvalue weighted by Crippen LogP contribution is 2.25. The van der Waals surface area contributed by atoms with Gasteiger partial charge in [-0.05, 0) is 38.3 Å². The molecule has 0 saturated heterocycles. The van der Waals surface area contributed by atoms with E-state index < -0.39 is 5.97 Å². The van der Waals surface area contributed by atoms with E-state index in [1.165, 1.54) is 0 Å². The number of carboxylic acid groups (broad SMARTS) is 1. The van der Waals surface area contributed by atoms with Crippen LogP contribution in [-0.4, -0.2) is 35.1 Å². The standard InChI is InChI=1S/C12H21NO2/c1-3-13(4-2)11(12(14)15)10-8-6-5-7-9-10/h5-6,10-11H,3-4,7-9H2,1-2H3,(H,14,15). The molecule has 1 aliphatic carbocycles. The first kappa shape index (κ1) is 12.2. The summed E-state index contributed by atoms with van der Waals surface area (Å²) in [6, 6.07) is -0.301. The maximum absolute atomic E-state index is 11.3. The van der Waals surface area contributed by atoms with E-state index in [2.05, 4.69) is 12.2 Å². The van der Waals surface area contributed by atoms with Crippen LogP contribution < -0.4 is 0 Å². The lowest BCUT2D eigenvalue weighted by atomic mass is 9.87. The molecule has 0 heterocycles. The second-order valence-electron chi connectivity index (χ2n) is 4.05. The molecule has 0 aromatic heterocycles. The Labute approximate surface area is 91.8 Å². The van der Waals surface area contributed by atoms with Crippen molar-refractivity contribution in [1.82, 2.24) is 4.90 Å². The van der Waals surface area contributed by atoms with E-state index in [0.29, 0.717) is 0 Å². The van der Waals surface area contributed by atoms with Gasteiger partial charge in [-0.15, -0.1) is 0 Å². The molecule has 0 aromatic carbocycles. The largest absolute Gasteiger partial charge is 0.480 e. The first-order valence-electron chi connectivity index (χ1n) is 5.82. The molecule has 0 amide bonds. The predicted molar refractivity (Wildman–Crippen MR) is 60.8 cm³/mol. The molecular weight excluding hydrogens is 190 g/mol. The number of carbonyl (C=O) groups is 1. The molecule has 86 valence electrons. The summed E-state index contributed by atoms with van der Waals surface area (Å²) < 4.78 is 0. The number of likely N-dealkylation sites (N-methyl/N-ethyl adjacent to an activating group) is 1. The van der Waals surface area contributed by atoms with E-state index in [9.17, 15) is 9.90 Å². The topological polar surface area (TPSA) is 40.5 Å². The van der Waals surface area contributed by atoms with Crippen molar-refractivity contribution in [3.8, 4) is 0 Å². The highest BCUT2D eigenvalue weighted by atomic mass is 16.4. The van der Waals surface area contributed by atoms with Crippen molar-refractivity contribution in [1.29, 1.82) is 0 Å². The van der Waals surface area contributed by atoms with Crippen LogP contribution >= 0.6 is 0 Å². The Morgan fingerprint density at radius 2 is 2.13 bits per heavy atom. The third-order valence-corrected chi connectivity index (χ3v) is 3.21. The van der Waals surface area contributed by atoms with Gasteiger partial charge in [0.25, 0.3) is 0 Å². The first-order chi connectivity index (χ1) is 7.20. The van der Waals surface area contributed by atoms with Crippen LogP contribution in [-0.2, 0) is 4.79 Å². The number of allylic oxidation sites excluding steroid dienone is 2.